The Labute approximate surface area is 206 Å². The molecule has 35 heavy (non-hydrogen) atoms. The number of nitrogens with one attached hydrogen (secondary N) is 1. The average molecular weight is 479 g/mol. The molecule has 5 rings (SSSR count). The SMILES string of the molecule is CCN.O=C1CCC(N2Cc3cc(OC4CCCN(Cc5ccccc5)C4)ccc3C2=O)C(=O)N1. The minimum Gasteiger partial charge on any atom is -0.489 e. The molecule has 0 aromatic heterocycles. The zero-order valence-electron chi connectivity index (χ0n) is 20.2. The molecule has 2 aromatic carbocycles. The molecule has 2 atom stereocenters. The predicted molar refractivity (Wildman–Crippen MR) is 133 cm³/mol. The number of hydrogen-bond donors (Lipinski definition) is 2. The standard InChI is InChI=1S/C25H27N3O4.C2H7N/c29-23-11-10-22(24(30)26-23)28-15-18-13-19(8-9-21(18)25(28)31)32-20-7-4-12-27(16-20)14-17-5-2-1-3-6-17;1-2-3/h1-3,5-6,8-9,13,20,22H,4,7,10-12,14-16H2,(H,26,29,30);2-3H2,1H3. The lowest BCUT2D eigenvalue weighted by Gasteiger charge is -2.33. The predicted octanol–water partition coefficient (Wildman–Crippen LogP) is 2.46. The number of carbonyl (C=O) groups excluding carboxylic acids is 3. The Morgan fingerprint density at radius 2 is 1.86 bits per heavy atom. The van der Waals surface area contributed by atoms with Crippen LogP contribution in [0.1, 0.15) is 54.1 Å². The van der Waals surface area contributed by atoms with E-state index in [4.69, 9.17) is 10.5 Å². The number of likely N-dealkylation sites (tertiary alicyclic amines) is 1. The Hall–Kier alpha value is -3.23. The molecule has 0 spiro atoms. The summed E-state index contributed by atoms with van der Waals surface area (Å²) in [6.45, 7) is 5.87. The van der Waals surface area contributed by atoms with Crippen molar-refractivity contribution in [3.05, 3.63) is 65.2 Å². The summed E-state index contributed by atoms with van der Waals surface area (Å²) in [7, 11) is 0. The summed E-state index contributed by atoms with van der Waals surface area (Å²) in [5.74, 6) is -0.0690. The molecule has 0 saturated carbocycles. The minimum absolute atomic E-state index is 0.105. The van der Waals surface area contributed by atoms with Crippen molar-refractivity contribution < 1.29 is 19.1 Å². The van der Waals surface area contributed by atoms with Crippen molar-refractivity contribution in [3.63, 3.8) is 0 Å². The first-order chi connectivity index (χ1) is 17.0. The van der Waals surface area contributed by atoms with Crippen molar-refractivity contribution in [3.8, 4) is 5.75 Å². The summed E-state index contributed by atoms with van der Waals surface area (Å²) in [6, 6.07) is 15.4. The third-order valence-electron chi connectivity index (χ3n) is 6.51. The number of carbonyl (C=O) groups is 3. The van der Waals surface area contributed by atoms with Crippen molar-refractivity contribution in [1.82, 2.24) is 15.1 Å². The maximum absolute atomic E-state index is 12.9. The van der Waals surface area contributed by atoms with E-state index in [1.165, 1.54) is 5.56 Å². The van der Waals surface area contributed by atoms with E-state index in [-0.39, 0.29) is 30.2 Å². The molecule has 8 heteroatoms. The van der Waals surface area contributed by atoms with E-state index >= 15 is 0 Å². The monoisotopic (exact) mass is 478 g/mol. The summed E-state index contributed by atoms with van der Waals surface area (Å²) in [6.07, 6.45) is 2.82. The van der Waals surface area contributed by atoms with Crippen LogP contribution >= 0.6 is 0 Å². The first-order valence-corrected chi connectivity index (χ1v) is 12.4. The van der Waals surface area contributed by atoms with Crippen LogP contribution in [0.25, 0.3) is 0 Å². The second-order valence-electron chi connectivity index (χ2n) is 9.23. The lowest BCUT2D eigenvalue weighted by molar-refractivity contribution is -0.136. The van der Waals surface area contributed by atoms with Gasteiger partial charge in [-0.3, -0.25) is 24.6 Å². The lowest BCUT2D eigenvalue weighted by atomic mass is 10.0. The molecule has 2 saturated heterocycles. The van der Waals surface area contributed by atoms with Gasteiger partial charge < -0.3 is 15.4 Å². The maximum atomic E-state index is 12.9. The molecule has 0 bridgehead atoms. The fourth-order valence-corrected chi connectivity index (χ4v) is 4.91. The number of piperidine rings is 2. The molecule has 3 N–H and O–H groups in total. The molecule has 3 aliphatic heterocycles. The molecular formula is C27H34N4O4. The van der Waals surface area contributed by atoms with Crippen LogP contribution in [0.2, 0.25) is 0 Å². The minimum atomic E-state index is -0.596. The Kier molecular flexibility index (Phi) is 8.15. The summed E-state index contributed by atoms with van der Waals surface area (Å²) in [4.78, 5) is 40.5. The highest BCUT2D eigenvalue weighted by Crippen LogP contribution is 2.31. The van der Waals surface area contributed by atoms with Gasteiger partial charge in [-0.25, -0.2) is 0 Å². The van der Waals surface area contributed by atoms with Crippen LogP contribution in [-0.4, -0.2) is 59.3 Å². The molecule has 3 heterocycles. The van der Waals surface area contributed by atoms with Crippen LogP contribution in [0.15, 0.2) is 48.5 Å². The van der Waals surface area contributed by atoms with E-state index in [9.17, 15) is 14.4 Å². The summed E-state index contributed by atoms with van der Waals surface area (Å²) < 4.78 is 6.30. The number of nitrogens with zero attached hydrogens (tertiary/aromatic N) is 2. The van der Waals surface area contributed by atoms with Gasteiger partial charge in [-0.05, 0) is 61.7 Å². The number of hydrogen-bond acceptors (Lipinski definition) is 6. The van der Waals surface area contributed by atoms with E-state index in [1.807, 2.05) is 25.1 Å². The van der Waals surface area contributed by atoms with E-state index in [0.29, 0.717) is 18.5 Å². The number of fused-ring (bicyclic) bond motifs is 1. The van der Waals surface area contributed by atoms with Gasteiger partial charge in [0.2, 0.25) is 11.8 Å². The molecular weight excluding hydrogens is 444 g/mol. The summed E-state index contributed by atoms with van der Waals surface area (Å²) in [5.41, 5.74) is 7.63. The van der Waals surface area contributed by atoms with Gasteiger partial charge in [-0.15, -0.1) is 0 Å². The number of nitrogens with two attached hydrogens (primary N) is 1. The van der Waals surface area contributed by atoms with Crippen molar-refractivity contribution in [2.45, 2.75) is 57.8 Å². The molecule has 0 radical (unpaired) electrons. The van der Waals surface area contributed by atoms with E-state index in [0.717, 1.165) is 50.3 Å². The third kappa shape index (κ3) is 6.07. The second-order valence-corrected chi connectivity index (χ2v) is 9.23. The smallest absolute Gasteiger partial charge is 0.255 e. The molecule has 3 aliphatic rings. The van der Waals surface area contributed by atoms with Gasteiger partial charge in [-0.2, -0.15) is 0 Å². The van der Waals surface area contributed by atoms with E-state index in [2.05, 4.69) is 34.5 Å². The van der Waals surface area contributed by atoms with E-state index in [1.54, 1.807) is 11.0 Å². The van der Waals surface area contributed by atoms with Gasteiger partial charge in [0.25, 0.3) is 5.91 Å². The Balaban J connectivity index is 0.000000917. The zero-order chi connectivity index (χ0) is 24.8. The van der Waals surface area contributed by atoms with Crippen LogP contribution in [0.3, 0.4) is 0 Å². The van der Waals surface area contributed by atoms with Gasteiger partial charge in [0, 0.05) is 31.6 Å². The first kappa shape index (κ1) is 24.9. The second kappa shape index (κ2) is 11.5. The largest absolute Gasteiger partial charge is 0.489 e. The van der Waals surface area contributed by atoms with Crippen LogP contribution in [-0.2, 0) is 22.7 Å². The fourth-order valence-electron chi connectivity index (χ4n) is 4.91. The quantitative estimate of drug-likeness (QED) is 0.640. The molecule has 186 valence electrons. The molecule has 8 nitrogen and oxygen atoms in total. The van der Waals surface area contributed by atoms with Gasteiger partial charge in [0.1, 0.15) is 17.9 Å². The third-order valence-corrected chi connectivity index (χ3v) is 6.51. The van der Waals surface area contributed by atoms with Crippen LogP contribution in [0.5, 0.6) is 5.75 Å². The van der Waals surface area contributed by atoms with Crippen molar-refractivity contribution in [1.29, 1.82) is 0 Å². The van der Waals surface area contributed by atoms with Crippen LogP contribution < -0.4 is 15.8 Å². The number of benzene rings is 2. The fraction of sp³-hybridized carbons (Fsp3) is 0.444. The van der Waals surface area contributed by atoms with Crippen molar-refractivity contribution in [2.24, 2.45) is 5.73 Å². The zero-order valence-corrected chi connectivity index (χ0v) is 20.2. The lowest BCUT2D eigenvalue weighted by Crippen LogP contribution is -2.52. The molecule has 2 fully saturated rings. The molecule has 3 amide bonds. The highest BCUT2D eigenvalue weighted by Gasteiger charge is 2.39. The van der Waals surface area contributed by atoms with Crippen LogP contribution in [0, 0.1) is 0 Å². The Morgan fingerprint density at radius 1 is 1.09 bits per heavy atom. The highest BCUT2D eigenvalue weighted by atomic mass is 16.5. The van der Waals surface area contributed by atoms with Gasteiger partial charge in [0.15, 0.2) is 0 Å². The summed E-state index contributed by atoms with van der Waals surface area (Å²) in [5, 5.41) is 2.34. The summed E-state index contributed by atoms with van der Waals surface area (Å²) >= 11 is 0. The topological polar surface area (TPSA) is 105 Å². The number of rotatable bonds is 5. The normalized spacial score (nSPS) is 22.2. The average Bonchev–Trinajstić information content (AvgIpc) is 3.16. The maximum Gasteiger partial charge on any atom is 0.255 e. The Bertz CT molecular complexity index is 1060. The van der Waals surface area contributed by atoms with Gasteiger partial charge in [0.05, 0.1) is 0 Å². The first-order valence-electron chi connectivity index (χ1n) is 12.4. The highest BCUT2D eigenvalue weighted by molar-refractivity contribution is 6.05. The molecule has 0 aliphatic carbocycles. The van der Waals surface area contributed by atoms with Gasteiger partial charge >= 0.3 is 0 Å². The van der Waals surface area contributed by atoms with Crippen LogP contribution in [0.4, 0.5) is 0 Å². The van der Waals surface area contributed by atoms with Crippen molar-refractivity contribution in [2.75, 3.05) is 19.6 Å². The number of ether oxygens (including phenoxy) is 1. The van der Waals surface area contributed by atoms with Gasteiger partial charge in [-0.1, -0.05) is 37.3 Å². The number of imide groups is 1. The number of amides is 3. The Morgan fingerprint density at radius 3 is 2.60 bits per heavy atom. The molecule has 2 aromatic rings. The molecule has 2 unspecified atom stereocenters. The van der Waals surface area contributed by atoms with E-state index < -0.39 is 6.04 Å². The van der Waals surface area contributed by atoms with Crippen molar-refractivity contribution >= 4 is 17.7 Å².